The summed E-state index contributed by atoms with van der Waals surface area (Å²) in [5, 5.41) is 8.33. The van der Waals surface area contributed by atoms with Crippen molar-refractivity contribution in [3.63, 3.8) is 0 Å². The van der Waals surface area contributed by atoms with E-state index in [-0.39, 0.29) is 28.3 Å². The van der Waals surface area contributed by atoms with Crippen molar-refractivity contribution in [1.82, 2.24) is 4.90 Å². The number of primary sulfonamides is 1. The Morgan fingerprint density at radius 3 is 2.28 bits per heavy atom. The Bertz CT molecular complexity index is 1130. The molecule has 1 aliphatic heterocycles. The van der Waals surface area contributed by atoms with E-state index in [4.69, 9.17) is 26.2 Å². The molecule has 0 bridgehead atoms. The molecule has 3 rings (SSSR count). The summed E-state index contributed by atoms with van der Waals surface area (Å²) in [4.78, 5) is 27.2. The van der Waals surface area contributed by atoms with Crippen LogP contribution in [0.15, 0.2) is 41.3 Å². The number of nitrogens with two attached hydrogens (primary N) is 1. The van der Waals surface area contributed by atoms with Crippen LogP contribution in [0.2, 0.25) is 5.02 Å². The first-order valence-electron chi connectivity index (χ1n) is 9.78. The molecule has 0 spiro atoms. The van der Waals surface area contributed by atoms with E-state index < -0.39 is 10.0 Å². The molecule has 3 N–H and O–H groups in total. The first-order chi connectivity index (χ1) is 15.1. The number of amides is 2. The zero-order valence-electron chi connectivity index (χ0n) is 17.6. The normalized spacial score (nSPS) is 14.7. The van der Waals surface area contributed by atoms with Crippen LogP contribution in [-0.4, -0.2) is 52.4 Å². The van der Waals surface area contributed by atoms with Gasteiger partial charge in [-0.05, 0) is 49.2 Å². The number of carbonyl (C=O) groups is 2. The highest BCUT2D eigenvalue weighted by atomic mass is 35.5. The van der Waals surface area contributed by atoms with Gasteiger partial charge in [0.15, 0.2) is 0 Å². The molecule has 2 aromatic rings. The molecule has 0 radical (unpaired) electrons. The molecule has 1 heterocycles. The van der Waals surface area contributed by atoms with Crippen molar-refractivity contribution in [3.05, 3.63) is 47.0 Å². The number of rotatable bonds is 6. The quantitative estimate of drug-likeness (QED) is 0.652. The Hall–Kier alpha value is -2.82. The molecule has 11 heteroatoms. The number of ether oxygens (including phenoxy) is 2. The van der Waals surface area contributed by atoms with Gasteiger partial charge in [-0.15, -0.1) is 0 Å². The van der Waals surface area contributed by atoms with Crippen molar-refractivity contribution < 1.29 is 27.5 Å². The summed E-state index contributed by atoms with van der Waals surface area (Å²) >= 11 is 6.03. The Morgan fingerprint density at radius 2 is 1.69 bits per heavy atom. The highest BCUT2D eigenvalue weighted by Gasteiger charge is 2.29. The summed E-state index contributed by atoms with van der Waals surface area (Å²) in [6.45, 7) is 0.752. The first kappa shape index (κ1) is 23.8. The van der Waals surface area contributed by atoms with Crippen molar-refractivity contribution in [2.75, 3.05) is 32.6 Å². The van der Waals surface area contributed by atoms with Crippen molar-refractivity contribution in [2.45, 2.75) is 17.7 Å². The topological polar surface area (TPSA) is 128 Å². The number of carbonyl (C=O) groups excluding carboxylic acids is 2. The predicted octanol–water partition coefficient (Wildman–Crippen LogP) is 2.50. The van der Waals surface area contributed by atoms with Crippen LogP contribution in [0.5, 0.6) is 11.5 Å². The van der Waals surface area contributed by atoms with E-state index in [9.17, 15) is 18.0 Å². The van der Waals surface area contributed by atoms with Crippen LogP contribution in [0.4, 0.5) is 5.69 Å². The van der Waals surface area contributed by atoms with Crippen LogP contribution in [0, 0.1) is 5.92 Å². The standard InChI is InChI=1S/C21H24ClN3O6S/c1-30-18-5-3-14(22)11-16(18)21(27)25-9-7-13(8-10-25)20(26)24-17-12-15(32(23,28)29)4-6-19(17)31-2/h3-6,11-13H,7-10H2,1-2H3,(H,24,26)(H2,23,28,29). The molecule has 0 atom stereocenters. The third-order valence-electron chi connectivity index (χ3n) is 5.30. The second-order valence-corrected chi connectivity index (χ2v) is 9.31. The van der Waals surface area contributed by atoms with E-state index in [0.717, 1.165) is 0 Å². The zero-order chi connectivity index (χ0) is 23.5. The van der Waals surface area contributed by atoms with Gasteiger partial charge in [0.2, 0.25) is 15.9 Å². The molecule has 9 nitrogen and oxygen atoms in total. The Labute approximate surface area is 191 Å². The smallest absolute Gasteiger partial charge is 0.257 e. The van der Waals surface area contributed by atoms with Crippen LogP contribution in [-0.2, 0) is 14.8 Å². The average molecular weight is 482 g/mol. The van der Waals surface area contributed by atoms with E-state index in [0.29, 0.717) is 48.0 Å². The number of nitrogens with zero attached hydrogens (tertiary/aromatic N) is 1. The van der Waals surface area contributed by atoms with Gasteiger partial charge in [0.1, 0.15) is 11.5 Å². The summed E-state index contributed by atoms with van der Waals surface area (Å²) in [6, 6.07) is 8.83. The number of anilines is 1. The highest BCUT2D eigenvalue weighted by Crippen LogP contribution is 2.30. The third-order valence-corrected chi connectivity index (χ3v) is 6.45. The second-order valence-electron chi connectivity index (χ2n) is 7.31. The predicted molar refractivity (Wildman–Crippen MR) is 120 cm³/mol. The molecule has 1 fully saturated rings. The number of likely N-dealkylation sites (tertiary alicyclic amines) is 1. The maximum absolute atomic E-state index is 12.9. The van der Waals surface area contributed by atoms with Crippen LogP contribution < -0.4 is 19.9 Å². The van der Waals surface area contributed by atoms with Gasteiger partial charge in [0.25, 0.3) is 5.91 Å². The number of halogens is 1. The van der Waals surface area contributed by atoms with Gasteiger partial charge < -0.3 is 19.7 Å². The van der Waals surface area contributed by atoms with Gasteiger partial charge in [0, 0.05) is 24.0 Å². The molecule has 1 aliphatic rings. The Kier molecular flexibility index (Phi) is 7.27. The van der Waals surface area contributed by atoms with Crippen molar-refractivity contribution >= 4 is 39.1 Å². The summed E-state index contributed by atoms with van der Waals surface area (Å²) in [7, 11) is -1.04. The van der Waals surface area contributed by atoms with Crippen molar-refractivity contribution in [1.29, 1.82) is 0 Å². The lowest BCUT2D eigenvalue weighted by Gasteiger charge is -2.31. The van der Waals surface area contributed by atoms with E-state index >= 15 is 0 Å². The molecule has 0 unspecified atom stereocenters. The summed E-state index contributed by atoms with van der Waals surface area (Å²) in [5.41, 5.74) is 0.582. The van der Waals surface area contributed by atoms with Gasteiger partial charge in [-0.2, -0.15) is 0 Å². The van der Waals surface area contributed by atoms with Crippen LogP contribution in [0.25, 0.3) is 0 Å². The molecule has 32 heavy (non-hydrogen) atoms. The lowest BCUT2D eigenvalue weighted by Crippen LogP contribution is -2.41. The minimum absolute atomic E-state index is 0.135. The fourth-order valence-electron chi connectivity index (χ4n) is 3.56. The molecular formula is C21H24ClN3O6S. The minimum atomic E-state index is -3.93. The maximum Gasteiger partial charge on any atom is 0.257 e. The monoisotopic (exact) mass is 481 g/mol. The van der Waals surface area contributed by atoms with Gasteiger partial charge in [-0.25, -0.2) is 13.6 Å². The Morgan fingerprint density at radius 1 is 1.06 bits per heavy atom. The number of sulfonamides is 1. The van der Waals surface area contributed by atoms with E-state index in [1.54, 1.807) is 23.1 Å². The molecule has 0 saturated carbocycles. The maximum atomic E-state index is 12.9. The number of nitrogens with one attached hydrogen (secondary N) is 1. The highest BCUT2D eigenvalue weighted by molar-refractivity contribution is 7.89. The second kappa shape index (κ2) is 9.76. The molecule has 0 aromatic heterocycles. The summed E-state index contributed by atoms with van der Waals surface area (Å²) in [6.07, 6.45) is 0.884. The first-order valence-corrected chi connectivity index (χ1v) is 11.7. The minimum Gasteiger partial charge on any atom is -0.496 e. The molecule has 2 aromatic carbocycles. The number of methoxy groups -OCH3 is 2. The molecule has 0 aliphatic carbocycles. The fraction of sp³-hybridized carbons (Fsp3) is 0.333. The van der Waals surface area contributed by atoms with Gasteiger partial charge >= 0.3 is 0 Å². The largest absolute Gasteiger partial charge is 0.496 e. The lowest BCUT2D eigenvalue weighted by molar-refractivity contribution is -0.121. The van der Waals surface area contributed by atoms with Crippen LogP contribution >= 0.6 is 11.6 Å². The average Bonchev–Trinajstić information content (AvgIpc) is 2.78. The summed E-state index contributed by atoms with van der Waals surface area (Å²) in [5.74, 6) is -0.122. The SMILES string of the molecule is COc1ccc(S(N)(=O)=O)cc1NC(=O)C1CCN(C(=O)c2cc(Cl)ccc2OC)CC1. The van der Waals surface area contributed by atoms with Crippen molar-refractivity contribution in [3.8, 4) is 11.5 Å². The molecule has 1 saturated heterocycles. The number of piperidine rings is 1. The molecule has 2 amide bonds. The lowest BCUT2D eigenvalue weighted by atomic mass is 9.95. The van der Waals surface area contributed by atoms with Crippen molar-refractivity contribution in [2.24, 2.45) is 11.1 Å². The third kappa shape index (κ3) is 5.32. The van der Waals surface area contributed by atoms with Gasteiger partial charge in [0.05, 0.1) is 30.4 Å². The van der Waals surface area contributed by atoms with E-state index in [1.165, 1.54) is 32.4 Å². The Balaban J connectivity index is 1.68. The number of hydrogen-bond donors (Lipinski definition) is 2. The van der Waals surface area contributed by atoms with Gasteiger partial charge in [-0.3, -0.25) is 9.59 Å². The zero-order valence-corrected chi connectivity index (χ0v) is 19.2. The summed E-state index contributed by atoms with van der Waals surface area (Å²) < 4.78 is 33.7. The fourth-order valence-corrected chi connectivity index (χ4v) is 4.27. The van der Waals surface area contributed by atoms with E-state index in [1.807, 2.05) is 0 Å². The molecule has 172 valence electrons. The van der Waals surface area contributed by atoms with Crippen LogP contribution in [0.1, 0.15) is 23.2 Å². The van der Waals surface area contributed by atoms with E-state index in [2.05, 4.69) is 5.32 Å². The number of hydrogen-bond acceptors (Lipinski definition) is 6. The molecular weight excluding hydrogens is 458 g/mol. The number of benzene rings is 2. The van der Waals surface area contributed by atoms with Gasteiger partial charge in [-0.1, -0.05) is 11.6 Å². The van der Waals surface area contributed by atoms with Crippen LogP contribution in [0.3, 0.4) is 0 Å².